The molecule has 0 saturated carbocycles. The second-order valence-electron chi connectivity index (χ2n) is 5.14. The van der Waals surface area contributed by atoms with Crippen molar-refractivity contribution in [1.82, 2.24) is 4.90 Å². The molecular weight excluding hydrogens is 268 g/mol. The number of nitrogens with zero attached hydrogens (tertiary/aromatic N) is 1. The number of methoxy groups -OCH3 is 3. The smallest absolute Gasteiger partial charge is 0.123 e. The van der Waals surface area contributed by atoms with Crippen LogP contribution in [0, 0.1) is 0 Å². The Hall–Kier alpha value is -1.14. The maximum atomic E-state index is 6.37. The number of rotatable bonds is 10. The van der Waals surface area contributed by atoms with Gasteiger partial charge in [0.05, 0.1) is 20.3 Å². The van der Waals surface area contributed by atoms with Gasteiger partial charge in [0.25, 0.3) is 0 Å². The Morgan fingerprint density at radius 1 is 1.14 bits per heavy atom. The Morgan fingerprint density at radius 3 is 2.48 bits per heavy atom. The fourth-order valence-electron chi connectivity index (χ4n) is 2.37. The Bertz CT molecular complexity index is 401. The highest BCUT2D eigenvalue weighted by Crippen LogP contribution is 2.24. The third kappa shape index (κ3) is 5.63. The molecule has 1 aromatic rings. The zero-order valence-corrected chi connectivity index (χ0v) is 13.5. The minimum Gasteiger partial charge on any atom is -0.496 e. The predicted molar refractivity (Wildman–Crippen MR) is 84.7 cm³/mol. The Morgan fingerprint density at radius 2 is 1.86 bits per heavy atom. The highest BCUT2D eigenvalue weighted by atomic mass is 16.5. The van der Waals surface area contributed by atoms with E-state index in [0.717, 1.165) is 24.4 Å². The van der Waals surface area contributed by atoms with E-state index in [-0.39, 0.29) is 12.1 Å². The average Bonchev–Trinajstić information content (AvgIpc) is 2.51. The lowest BCUT2D eigenvalue weighted by atomic mass is 10.1. The molecule has 2 N–H and O–H groups in total. The Labute approximate surface area is 128 Å². The lowest BCUT2D eigenvalue weighted by molar-refractivity contribution is 0.0712. The van der Waals surface area contributed by atoms with Gasteiger partial charge in [0.2, 0.25) is 0 Å². The summed E-state index contributed by atoms with van der Waals surface area (Å²) in [5, 5.41) is 0. The van der Waals surface area contributed by atoms with Crippen molar-refractivity contribution < 1.29 is 14.2 Å². The van der Waals surface area contributed by atoms with Crippen LogP contribution in [0.5, 0.6) is 5.75 Å². The number of nitrogens with two attached hydrogens (primary N) is 1. The second kappa shape index (κ2) is 9.73. The monoisotopic (exact) mass is 296 g/mol. The van der Waals surface area contributed by atoms with E-state index in [1.807, 2.05) is 24.3 Å². The number of hydrogen-bond donors (Lipinski definition) is 1. The summed E-state index contributed by atoms with van der Waals surface area (Å²) in [7, 11) is 5.09. The number of benzene rings is 1. The normalized spacial score (nSPS) is 14.2. The van der Waals surface area contributed by atoms with E-state index >= 15 is 0 Å². The maximum absolute atomic E-state index is 6.37. The number of ether oxygens (including phenoxy) is 3. The SMILES string of the molecule is COCCN(CC(N)c1ccccc1OC)C(C)COC. The summed E-state index contributed by atoms with van der Waals surface area (Å²) in [5.74, 6) is 0.830. The standard InChI is InChI=1S/C16H28N2O3/c1-13(12-20-3)18(9-10-19-2)11-15(17)14-7-5-6-8-16(14)21-4/h5-8,13,15H,9-12,17H2,1-4H3. The lowest BCUT2D eigenvalue weighted by Crippen LogP contribution is -2.42. The quantitative estimate of drug-likeness (QED) is 0.712. The predicted octanol–water partition coefficient (Wildman–Crippen LogP) is 1.68. The number of hydrogen-bond acceptors (Lipinski definition) is 5. The van der Waals surface area contributed by atoms with E-state index < -0.39 is 0 Å². The molecular formula is C16H28N2O3. The summed E-state index contributed by atoms with van der Waals surface area (Å²) >= 11 is 0. The fourth-order valence-corrected chi connectivity index (χ4v) is 2.37. The fraction of sp³-hybridized carbons (Fsp3) is 0.625. The topological polar surface area (TPSA) is 57.0 Å². The first-order valence-corrected chi connectivity index (χ1v) is 7.24. The van der Waals surface area contributed by atoms with Gasteiger partial charge in [0.1, 0.15) is 5.75 Å². The van der Waals surface area contributed by atoms with Crippen LogP contribution in [-0.4, -0.2) is 58.6 Å². The minimum absolute atomic E-state index is 0.114. The van der Waals surface area contributed by atoms with Crippen molar-refractivity contribution in [3.63, 3.8) is 0 Å². The van der Waals surface area contributed by atoms with Crippen LogP contribution in [0.1, 0.15) is 18.5 Å². The summed E-state index contributed by atoms with van der Waals surface area (Å²) in [6, 6.07) is 8.05. The molecule has 0 aromatic heterocycles. The van der Waals surface area contributed by atoms with Gasteiger partial charge in [-0.1, -0.05) is 18.2 Å². The molecule has 0 heterocycles. The largest absolute Gasteiger partial charge is 0.496 e. The summed E-state index contributed by atoms with van der Waals surface area (Å²) in [6.45, 7) is 5.03. The summed E-state index contributed by atoms with van der Waals surface area (Å²) in [6.07, 6.45) is 0. The summed E-state index contributed by atoms with van der Waals surface area (Å²) in [5.41, 5.74) is 7.40. The molecule has 0 aliphatic carbocycles. The van der Waals surface area contributed by atoms with Gasteiger partial charge in [0, 0.05) is 45.0 Å². The van der Waals surface area contributed by atoms with E-state index in [4.69, 9.17) is 19.9 Å². The van der Waals surface area contributed by atoms with E-state index in [2.05, 4.69) is 11.8 Å². The molecule has 2 atom stereocenters. The molecule has 21 heavy (non-hydrogen) atoms. The molecule has 120 valence electrons. The zero-order chi connectivity index (χ0) is 15.7. The van der Waals surface area contributed by atoms with Crippen LogP contribution in [0.4, 0.5) is 0 Å². The highest BCUT2D eigenvalue weighted by molar-refractivity contribution is 5.35. The Kier molecular flexibility index (Phi) is 8.30. The van der Waals surface area contributed by atoms with E-state index in [1.54, 1.807) is 21.3 Å². The molecule has 0 spiro atoms. The van der Waals surface area contributed by atoms with Crippen molar-refractivity contribution >= 4 is 0 Å². The van der Waals surface area contributed by atoms with Gasteiger partial charge in [0.15, 0.2) is 0 Å². The van der Waals surface area contributed by atoms with Crippen LogP contribution >= 0.6 is 0 Å². The van der Waals surface area contributed by atoms with Gasteiger partial charge in [-0.15, -0.1) is 0 Å². The number of para-hydroxylation sites is 1. The van der Waals surface area contributed by atoms with Gasteiger partial charge in [-0.05, 0) is 13.0 Å². The molecule has 0 amide bonds. The molecule has 2 unspecified atom stereocenters. The molecule has 1 aromatic carbocycles. The Balaban J connectivity index is 2.76. The first-order chi connectivity index (χ1) is 10.1. The third-order valence-corrected chi connectivity index (χ3v) is 3.58. The molecule has 0 bridgehead atoms. The molecule has 5 nitrogen and oxygen atoms in total. The van der Waals surface area contributed by atoms with Crippen LogP contribution in [0.15, 0.2) is 24.3 Å². The van der Waals surface area contributed by atoms with Crippen molar-refractivity contribution in [1.29, 1.82) is 0 Å². The minimum atomic E-state index is -0.114. The van der Waals surface area contributed by atoms with Crippen molar-refractivity contribution in [2.45, 2.75) is 19.0 Å². The van der Waals surface area contributed by atoms with Gasteiger partial charge < -0.3 is 19.9 Å². The molecule has 1 rings (SSSR count). The first-order valence-electron chi connectivity index (χ1n) is 7.24. The van der Waals surface area contributed by atoms with Crippen molar-refractivity contribution in [2.24, 2.45) is 5.73 Å². The third-order valence-electron chi connectivity index (χ3n) is 3.58. The highest BCUT2D eigenvalue weighted by Gasteiger charge is 2.19. The first kappa shape index (κ1) is 17.9. The van der Waals surface area contributed by atoms with E-state index in [1.165, 1.54) is 0 Å². The lowest BCUT2D eigenvalue weighted by Gasteiger charge is -2.31. The van der Waals surface area contributed by atoms with Crippen molar-refractivity contribution in [3.8, 4) is 5.75 Å². The molecule has 0 aliphatic heterocycles. The van der Waals surface area contributed by atoms with Crippen LogP contribution in [0.2, 0.25) is 0 Å². The van der Waals surface area contributed by atoms with E-state index in [0.29, 0.717) is 13.2 Å². The van der Waals surface area contributed by atoms with Crippen LogP contribution in [0.3, 0.4) is 0 Å². The summed E-state index contributed by atoms with van der Waals surface area (Å²) < 4.78 is 15.8. The zero-order valence-electron chi connectivity index (χ0n) is 13.5. The van der Waals surface area contributed by atoms with Crippen LogP contribution in [-0.2, 0) is 9.47 Å². The van der Waals surface area contributed by atoms with Crippen LogP contribution in [0.25, 0.3) is 0 Å². The van der Waals surface area contributed by atoms with Crippen LogP contribution < -0.4 is 10.5 Å². The molecule has 0 aliphatic rings. The van der Waals surface area contributed by atoms with Gasteiger partial charge >= 0.3 is 0 Å². The van der Waals surface area contributed by atoms with Gasteiger partial charge in [-0.25, -0.2) is 0 Å². The van der Waals surface area contributed by atoms with E-state index in [9.17, 15) is 0 Å². The average molecular weight is 296 g/mol. The maximum Gasteiger partial charge on any atom is 0.123 e. The van der Waals surface area contributed by atoms with Crippen molar-refractivity contribution in [2.75, 3.05) is 47.6 Å². The molecule has 0 radical (unpaired) electrons. The molecule has 5 heteroatoms. The summed E-state index contributed by atoms with van der Waals surface area (Å²) in [4.78, 5) is 2.28. The van der Waals surface area contributed by atoms with Crippen molar-refractivity contribution in [3.05, 3.63) is 29.8 Å². The molecule has 0 saturated heterocycles. The van der Waals surface area contributed by atoms with Gasteiger partial charge in [-0.3, -0.25) is 4.90 Å². The van der Waals surface area contributed by atoms with Gasteiger partial charge in [-0.2, -0.15) is 0 Å². The second-order valence-corrected chi connectivity index (χ2v) is 5.14. The molecule has 0 fully saturated rings.